The quantitative estimate of drug-likeness (QED) is 0.296. The first kappa shape index (κ1) is 24.1. The highest BCUT2D eigenvalue weighted by atomic mass is 32.2. The number of imidazole rings is 1. The van der Waals surface area contributed by atoms with Gasteiger partial charge >= 0.3 is 0 Å². The number of rotatable bonds is 10. The fourth-order valence-corrected chi connectivity index (χ4v) is 5.15. The van der Waals surface area contributed by atoms with Crippen molar-refractivity contribution in [3.63, 3.8) is 0 Å². The molecule has 0 saturated carbocycles. The summed E-state index contributed by atoms with van der Waals surface area (Å²) in [5.41, 5.74) is 8.40. The van der Waals surface area contributed by atoms with Crippen LogP contribution in [0.3, 0.4) is 0 Å². The molecule has 2 aromatic carbocycles. The average Bonchev–Trinajstić information content (AvgIpc) is 3.46. The van der Waals surface area contributed by atoms with Gasteiger partial charge in [-0.15, -0.1) is 0 Å². The SMILES string of the molecule is C/C=S(\CCc1ccc2c(c1)OC(C(c1ccc(O)c(O)c1)n1cnc(CCN)c1)O2)OCC. The molecule has 0 aliphatic carbocycles. The van der Waals surface area contributed by atoms with Gasteiger partial charge in [0.2, 0.25) is 0 Å². The molecule has 0 bridgehead atoms. The van der Waals surface area contributed by atoms with E-state index in [4.69, 9.17) is 19.4 Å². The Balaban J connectivity index is 1.58. The maximum Gasteiger partial charge on any atom is 0.266 e. The summed E-state index contributed by atoms with van der Waals surface area (Å²) in [5, 5.41) is 22.0. The van der Waals surface area contributed by atoms with E-state index in [9.17, 15) is 10.2 Å². The summed E-state index contributed by atoms with van der Waals surface area (Å²) in [4.78, 5) is 4.44. The Hall–Kier alpha value is -3.01. The van der Waals surface area contributed by atoms with Gasteiger partial charge in [0, 0.05) is 18.4 Å². The minimum Gasteiger partial charge on any atom is -0.504 e. The van der Waals surface area contributed by atoms with Gasteiger partial charge in [-0.05, 0) is 67.6 Å². The molecule has 3 atom stereocenters. The monoisotopic (exact) mass is 485 g/mol. The Morgan fingerprint density at radius 2 is 1.97 bits per heavy atom. The summed E-state index contributed by atoms with van der Waals surface area (Å²) >= 11 is 0. The van der Waals surface area contributed by atoms with Crippen LogP contribution in [0.4, 0.5) is 0 Å². The van der Waals surface area contributed by atoms with Crippen LogP contribution in [0.15, 0.2) is 48.9 Å². The number of phenols is 2. The Kier molecular flexibility index (Phi) is 7.77. The zero-order valence-electron chi connectivity index (χ0n) is 19.4. The fraction of sp³-hybridized carbons (Fsp3) is 0.360. The van der Waals surface area contributed by atoms with E-state index in [0.717, 1.165) is 23.4 Å². The molecule has 4 rings (SSSR count). The van der Waals surface area contributed by atoms with Gasteiger partial charge in [-0.25, -0.2) is 4.98 Å². The third kappa shape index (κ3) is 5.38. The van der Waals surface area contributed by atoms with E-state index in [2.05, 4.69) is 10.4 Å². The van der Waals surface area contributed by atoms with Gasteiger partial charge in [0.05, 0.1) is 18.6 Å². The van der Waals surface area contributed by atoms with Gasteiger partial charge in [-0.2, -0.15) is 0 Å². The van der Waals surface area contributed by atoms with Gasteiger partial charge in [-0.1, -0.05) is 22.9 Å². The molecule has 0 saturated heterocycles. The number of aromatic hydroxyl groups is 2. The molecule has 1 aliphatic rings. The Morgan fingerprint density at radius 3 is 2.71 bits per heavy atom. The van der Waals surface area contributed by atoms with E-state index < -0.39 is 12.3 Å². The number of ether oxygens (including phenoxy) is 2. The van der Waals surface area contributed by atoms with Crippen molar-refractivity contribution < 1.29 is 23.9 Å². The van der Waals surface area contributed by atoms with E-state index >= 15 is 0 Å². The summed E-state index contributed by atoms with van der Waals surface area (Å²) in [5.74, 6) is 1.86. The van der Waals surface area contributed by atoms with Crippen molar-refractivity contribution >= 4 is 16.1 Å². The van der Waals surface area contributed by atoms with Crippen molar-refractivity contribution in [2.24, 2.45) is 5.73 Å². The zero-order chi connectivity index (χ0) is 24.1. The van der Waals surface area contributed by atoms with Crippen LogP contribution in [0.2, 0.25) is 0 Å². The van der Waals surface area contributed by atoms with E-state index in [1.165, 1.54) is 12.1 Å². The number of nitrogens with two attached hydrogens (primary N) is 1. The molecule has 4 N–H and O–H groups in total. The van der Waals surface area contributed by atoms with Crippen LogP contribution < -0.4 is 15.2 Å². The smallest absolute Gasteiger partial charge is 0.266 e. The number of nitrogens with zero attached hydrogens (tertiary/aromatic N) is 2. The normalized spacial score (nSPS) is 16.6. The van der Waals surface area contributed by atoms with E-state index in [1.807, 2.05) is 42.8 Å². The second-order valence-electron chi connectivity index (χ2n) is 7.91. The first-order valence-corrected chi connectivity index (χ1v) is 12.7. The maximum absolute atomic E-state index is 10.1. The highest BCUT2D eigenvalue weighted by Gasteiger charge is 2.35. The van der Waals surface area contributed by atoms with Crippen molar-refractivity contribution in [3.8, 4) is 23.0 Å². The van der Waals surface area contributed by atoms with Crippen molar-refractivity contribution in [2.75, 3.05) is 18.9 Å². The summed E-state index contributed by atoms with van der Waals surface area (Å²) < 4.78 is 20.1. The van der Waals surface area contributed by atoms with Crippen LogP contribution in [0, 0.1) is 0 Å². The molecular formula is C25H31N3O5S. The van der Waals surface area contributed by atoms with Gasteiger partial charge in [0.1, 0.15) is 6.04 Å². The van der Waals surface area contributed by atoms with Gasteiger partial charge < -0.3 is 34.2 Å². The molecule has 3 aromatic rings. The van der Waals surface area contributed by atoms with Crippen molar-refractivity contribution in [1.82, 2.24) is 9.55 Å². The van der Waals surface area contributed by atoms with Gasteiger partial charge in [0.25, 0.3) is 6.29 Å². The van der Waals surface area contributed by atoms with E-state index in [0.29, 0.717) is 36.6 Å². The summed E-state index contributed by atoms with van der Waals surface area (Å²) in [6.45, 7) is 5.23. The molecule has 1 aromatic heterocycles. The lowest BCUT2D eigenvalue weighted by atomic mass is 10.1. The van der Waals surface area contributed by atoms with Crippen molar-refractivity contribution in [1.29, 1.82) is 0 Å². The number of hydrogen-bond acceptors (Lipinski definition) is 7. The molecule has 2 heterocycles. The lowest BCUT2D eigenvalue weighted by Gasteiger charge is -2.24. The third-order valence-electron chi connectivity index (χ3n) is 5.59. The second-order valence-corrected chi connectivity index (χ2v) is 9.78. The maximum atomic E-state index is 10.1. The van der Waals surface area contributed by atoms with Crippen molar-refractivity contribution in [3.05, 3.63) is 65.7 Å². The van der Waals surface area contributed by atoms with Gasteiger partial charge in [0.15, 0.2) is 23.0 Å². The number of aromatic nitrogens is 2. The number of phenolic OH excluding ortho intramolecular Hbond substituents is 2. The number of aryl methyl sites for hydroxylation is 1. The highest BCUT2D eigenvalue weighted by Crippen LogP contribution is 2.41. The topological polar surface area (TPSA) is 112 Å². The molecule has 0 fully saturated rings. The molecule has 34 heavy (non-hydrogen) atoms. The van der Waals surface area contributed by atoms with Crippen LogP contribution >= 0.6 is 10.8 Å². The van der Waals surface area contributed by atoms with E-state index in [-0.39, 0.29) is 22.3 Å². The lowest BCUT2D eigenvalue weighted by molar-refractivity contribution is 0.0148. The van der Waals surface area contributed by atoms with Crippen molar-refractivity contribution in [2.45, 2.75) is 39.0 Å². The fourth-order valence-electron chi connectivity index (χ4n) is 3.92. The van der Waals surface area contributed by atoms with Crippen LogP contribution in [-0.2, 0) is 17.0 Å². The minimum absolute atomic E-state index is 0.159. The predicted molar refractivity (Wildman–Crippen MR) is 134 cm³/mol. The molecule has 0 radical (unpaired) electrons. The standard InChI is InChI=1S/C25H31N3O5S/c1-3-31-34(4-2)12-10-17-5-8-22-23(13-17)33-25(32-22)24(18-6-7-20(29)21(30)14-18)28-15-19(9-11-26)27-16-28/h4-8,13-16,24-25,29-30H,3,9-12,26H2,1-2H3. The molecule has 0 amide bonds. The molecule has 9 heteroatoms. The minimum atomic E-state index is -0.684. The molecule has 8 nitrogen and oxygen atoms in total. The first-order chi connectivity index (χ1) is 16.5. The summed E-state index contributed by atoms with van der Waals surface area (Å²) in [7, 11) is -0.159. The average molecular weight is 486 g/mol. The third-order valence-corrected chi connectivity index (χ3v) is 7.26. The van der Waals surface area contributed by atoms with Gasteiger partial charge in [-0.3, -0.25) is 0 Å². The van der Waals surface area contributed by atoms with E-state index in [1.54, 1.807) is 12.4 Å². The number of fused-ring (bicyclic) bond motifs is 1. The lowest BCUT2D eigenvalue weighted by Crippen LogP contribution is -2.31. The number of benzene rings is 2. The largest absolute Gasteiger partial charge is 0.504 e. The van der Waals surface area contributed by atoms with Crippen LogP contribution in [0.25, 0.3) is 0 Å². The summed E-state index contributed by atoms with van der Waals surface area (Å²) in [6.07, 6.45) is 4.44. The van der Waals surface area contributed by atoms with Crippen LogP contribution in [0.1, 0.15) is 36.7 Å². The van der Waals surface area contributed by atoms with Crippen LogP contribution in [0.5, 0.6) is 23.0 Å². The molecule has 3 unspecified atom stereocenters. The Bertz CT molecular complexity index is 1160. The predicted octanol–water partition coefficient (Wildman–Crippen LogP) is 3.77. The zero-order valence-corrected chi connectivity index (χ0v) is 20.2. The Labute approximate surface area is 202 Å². The Morgan fingerprint density at radius 1 is 1.15 bits per heavy atom. The van der Waals surface area contributed by atoms with Crippen LogP contribution in [-0.4, -0.2) is 50.3 Å². The molecular weight excluding hydrogens is 454 g/mol. The molecule has 0 spiro atoms. The second kappa shape index (κ2) is 10.9. The summed E-state index contributed by atoms with van der Waals surface area (Å²) in [6, 6.07) is 10.2. The molecule has 182 valence electrons. The first-order valence-electron chi connectivity index (χ1n) is 11.3. The highest BCUT2D eigenvalue weighted by molar-refractivity contribution is 8.10. The molecule has 1 aliphatic heterocycles. The number of hydrogen-bond donors (Lipinski definition) is 3.